The van der Waals surface area contributed by atoms with Crippen molar-refractivity contribution in [1.82, 2.24) is 4.90 Å². The molecule has 1 fully saturated rings. The molecule has 0 spiro atoms. The summed E-state index contributed by atoms with van der Waals surface area (Å²) < 4.78 is 0. The standard InChI is InChI=1S/C21H26N2OS.ClH/c1-15(2)25-20-11-7-6-10-18(20)21(24)23-13-17(12-22)19(14-23)16-8-4-3-5-9-16;/h3-11,15,17,19H,12-14,22H2,1-2H3;1H/t17-,19+;/m1./s1. The molecular formula is C21H27ClN2OS. The van der Waals surface area contributed by atoms with Crippen LogP contribution in [-0.4, -0.2) is 35.7 Å². The van der Waals surface area contributed by atoms with Gasteiger partial charge in [0, 0.05) is 29.2 Å². The van der Waals surface area contributed by atoms with Crippen LogP contribution in [-0.2, 0) is 0 Å². The number of nitrogens with zero attached hydrogens (tertiary/aromatic N) is 1. The Bertz CT molecular complexity index is 723. The molecule has 0 aliphatic carbocycles. The van der Waals surface area contributed by atoms with Gasteiger partial charge in [-0.25, -0.2) is 0 Å². The van der Waals surface area contributed by atoms with Crippen LogP contribution in [0.15, 0.2) is 59.5 Å². The summed E-state index contributed by atoms with van der Waals surface area (Å²) in [4.78, 5) is 16.2. The van der Waals surface area contributed by atoms with Crippen molar-refractivity contribution in [2.24, 2.45) is 11.7 Å². The minimum Gasteiger partial charge on any atom is -0.338 e. The molecule has 1 amide bonds. The summed E-state index contributed by atoms with van der Waals surface area (Å²) in [6.07, 6.45) is 0. The van der Waals surface area contributed by atoms with Crippen molar-refractivity contribution in [3.8, 4) is 0 Å². The monoisotopic (exact) mass is 390 g/mol. The van der Waals surface area contributed by atoms with Gasteiger partial charge in [-0.2, -0.15) is 0 Å². The predicted molar refractivity (Wildman–Crippen MR) is 112 cm³/mol. The largest absolute Gasteiger partial charge is 0.338 e. The van der Waals surface area contributed by atoms with E-state index in [4.69, 9.17) is 5.73 Å². The number of halogens is 1. The maximum atomic E-state index is 13.2. The normalized spacial score (nSPS) is 19.5. The first-order chi connectivity index (χ1) is 12.1. The van der Waals surface area contributed by atoms with Crippen LogP contribution in [0.25, 0.3) is 0 Å². The van der Waals surface area contributed by atoms with Gasteiger partial charge in [0.25, 0.3) is 5.91 Å². The number of thioether (sulfide) groups is 1. The van der Waals surface area contributed by atoms with E-state index in [1.165, 1.54) is 5.56 Å². The number of hydrogen-bond acceptors (Lipinski definition) is 3. The smallest absolute Gasteiger partial charge is 0.255 e. The van der Waals surface area contributed by atoms with E-state index in [1.54, 1.807) is 11.8 Å². The summed E-state index contributed by atoms with van der Waals surface area (Å²) >= 11 is 1.74. The zero-order chi connectivity index (χ0) is 17.8. The van der Waals surface area contributed by atoms with Crippen LogP contribution in [0.3, 0.4) is 0 Å². The van der Waals surface area contributed by atoms with E-state index in [9.17, 15) is 4.79 Å². The Labute approximate surface area is 166 Å². The molecular weight excluding hydrogens is 364 g/mol. The van der Waals surface area contributed by atoms with Gasteiger partial charge in [-0.05, 0) is 30.2 Å². The Kier molecular flexibility index (Phi) is 7.56. The first kappa shape index (κ1) is 20.8. The summed E-state index contributed by atoms with van der Waals surface area (Å²) in [5, 5.41) is 0.446. The van der Waals surface area contributed by atoms with Gasteiger partial charge >= 0.3 is 0 Å². The molecule has 3 rings (SSSR count). The first-order valence-corrected chi connectivity index (χ1v) is 9.78. The molecule has 1 heterocycles. The van der Waals surface area contributed by atoms with Crippen LogP contribution in [0.2, 0.25) is 0 Å². The molecule has 0 unspecified atom stereocenters. The second-order valence-corrected chi connectivity index (χ2v) is 8.50. The molecule has 1 aliphatic rings. The lowest BCUT2D eigenvalue weighted by atomic mass is 9.89. The maximum absolute atomic E-state index is 13.2. The van der Waals surface area contributed by atoms with Crippen molar-refractivity contribution in [3.05, 3.63) is 65.7 Å². The van der Waals surface area contributed by atoms with Gasteiger partial charge in [0.15, 0.2) is 0 Å². The summed E-state index contributed by atoms with van der Waals surface area (Å²) in [5.74, 6) is 0.761. The zero-order valence-corrected chi connectivity index (χ0v) is 16.9. The SMILES string of the molecule is CC(C)Sc1ccccc1C(=O)N1C[C@@H](CN)[C@H](c2ccccc2)C1.Cl. The highest BCUT2D eigenvalue weighted by molar-refractivity contribution is 8.00. The van der Waals surface area contributed by atoms with Crippen LogP contribution in [0.4, 0.5) is 0 Å². The molecule has 2 aromatic rings. The summed E-state index contributed by atoms with van der Waals surface area (Å²) in [6, 6.07) is 18.4. The van der Waals surface area contributed by atoms with E-state index in [2.05, 4.69) is 38.1 Å². The third-order valence-electron chi connectivity index (χ3n) is 4.74. The fraction of sp³-hybridized carbons (Fsp3) is 0.381. The lowest BCUT2D eigenvalue weighted by molar-refractivity contribution is 0.0783. The molecule has 0 radical (unpaired) electrons. The molecule has 0 saturated carbocycles. The Balaban J connectivity index is 0.00000243. The number of likely N-dealkylation sites (tertiary alicyclic amines) is 1. The van der Waals surface area contributed by atoms with Crippen molar-refractivity contribution < 1.29 is 4.79 Å². The quantitative estimate of drug-likeness (QED) is 0.768. The van der Waals surface area contributed by atoms with Crippen molar-refractivity contribution >= 4 is 30.1 Å². The Hall–Kier alpha value is -1.49. The average Bonchev–Trinajstić information content (AvgIpc) is 3.06. The molecule has 5 heteroatoms. The minimum absolute atomic E-state index is 0. The molecule has 0 aromatic heterocycles. The lowest BCUT2D eigenvalue weighted by Gasteiger charge is -2.19. The number of carbonyl (C=O) groups excluding carboxylic acids is 1. The van der Waals surface area contributed by atoms with Crippen LogP contribution in [0, 0.1) is 5.92 Å². The zero-order valence-electron chi connectivity index (χ0n) is 15.3. The van der Waals surface area contributed by atoms with Crippen molar-refractivity contribution in [2.45, 2.75) is 29.9 Å². The van der Waals surface area contributed by atoms with Crippen LogP contribution in [0.1, 0.15) is 35.7 Å². The molecule has 3 nitrogen and oxygen atoms in total. The van der Waals surface area contributed by atoms with Gasteiger partial charge in [0.1, 0.15) is 0 Å². The van der Waals surface area contributed by atoms with Crippen molar-refractivity contribution in [1.29, 1.82) is 0 Å². The molecule has 1 aliphatic heterocycles. The highest BCUT2D eigenvalue weighted by atomic mass is 35.5. The second-order valence-electron chi connectivity index (χ2n) is 6.89. The molecule has 2 N–H and O–H groups in total. The topological polar surface area (TPSA) is 46.3 Å². The fourth-order valence-electron chi connectivity index (χ4n) is 3.52. The van der Waals surface area contributed by atoms with E-state index in [0.717, 1.165) is 23.5 Å². The Morgan fingerprint density at radius 3 is 2.42 bits per heavy atom. The molecule has 0 bridgehead atoms. The number of amides is 1. The molecule has 140 valence electrons. The summed E-state index contributed by atoms with van der Waals surface area (Å²) in [5.41, 5.74) is 8.10. The van der Waals surface area contributed by atoms with Gasteiger partial charge in [0.05, 0.1) is 5.56 Å². The highest BCUT2D eigenvalue weighted by Crippen LogP contribution is 2.34. The van der Waals surface area contributed by atoms with Gasteiger partial charge in [0.2, 0.25) is 0 Å². The fourth-order valence-corrected chi connectivity index (χ4v) is 4.47. The van der Waals surface area contributed by atoms with Gasteiger partial charge < -0.3 is 10.6 Å². The van der Waals surface area contributed by atoms with Crippen molar-refractivity contribution in [2.75, 3.05) is 19.6 Å². The van der Waals surface area contributed by atoms with E-state index < -0.39 is 0 Å². The van der Waals surface area contributed by atoms with E-state index >= 15 is 0 Å². The molecule has 26 heavy (non-hydrogen) atoms. The average molecular weight is 391 g/mol. The summed E-state index contributed by atoms with van der Waals surface area (Å²) in [6.45, 7) is 6.38. The number of rotatable bonds is 5. The highest BCUT2D eigenvalue weighted by Gasteiger charge is 2.36. The number of carbonyl (C=O) groups is 1. The molecule has 1 saturated heterocycles. The number of benzene rings is 2. The molecule has 2 aromatic carbocycles. The first-order valence-electron chi connectivity index (χ1n) is 8.90. The second kappa shape index (κ2) is 9.45. The van der Waals surface area contributed by atoms with Crippen LogP contribution < -0.4 is 5.73 Å². The van der Waals surface area contributed by atoms with E-state index in [1.807, 2.05) is 35.2 Å². The van der Waals surface area contributed by atoms with Gasteiger partial charge in [-0.15, -0.1) is 24.2 Å². The van der Waals surface area contributed by atoms with Crippen LogP contribution >= 0.6 is 24.2 Å². The van der Waals surface area contributed by atoms with Gasteiger partial charge in [-0.3, -0.25) is 4.79 Å². The van der Waals surface area contributed by atoms with Gasteiger partial charge in [-0.1, -0.05) is 56.3 Å². The van der Waals surface area contributed by atoms with E-state index in [0.29, 0.717) is 23.6 Å². The predicted octanol–water partition coefficient (Wildman–Crippen LogP) is 4.42. The lowest BCUT2D eigenvalue weighted by Crippen LogP contribution is -2.30. The molecule has 2 atom stereocenters. The number of nitrogens with two attached hydrogens (primary N) is 1. The van der Waals surface area contributed by atoms with Crippen LogP contribution in [0.5, 0.6) is 0 Å². The maximum Gasteiger partial charge on any atom is 0.255 e. The Morgan fingerprint density at radius 1 is 1.12 bits per heavy atom. The minimum atomic E-state index is 0. The third kappa shape index (κ3) is 4.61. The third-order valence-corrected chi connectivity index (χ3v) is 5.82. The van der Waals surface area contributed by atoms with Crippen molar-refractivity contribution in [3.63, 3.8) is 0 Å². The Morgan fingerprint density at radius 2 is 1.77 bits per heavy atom. The van der Waals surface area contributed by atoms with E-state index in [-0.39, 0.29) is 18.3 Å². The summed E-state index contributed by atoms with van der Waals surface area (Å²) in [7, 11) is 0. The number of hydrogen-bond donors (Lipinski definition) is 1.